The van der Waals surface area contributed by atoms with Gasteiger partial charge in [-0.1, -0.05) is 6.42 Å². The number of likely N-dealkylation sites (tertiary alicyclic amines) is 1. The number of ether oxygens (including phenoxy) is 1. The van der Waals surface area contributed by atoms with Crippen molar-refractivity contribution in [2.24, 2.45) is 0 Å². The van der Waals surface area contributed by atoms with Crippen LogP contribution < -0.4 is 4.74 Å². The third-order valence-electron chi connectivity index (χ3n) is 6.55. The molecular weight excluding hydrogens is 382 g/mol. The van der Waals surface area contributed by atoms with E-state index in [0.29, 0.717) is 12.6 Å². The number of fused-ring (bicyclic) bond motifs is 1. The highest BCUT2D eigenvalue weighted by molar-refractivity contribution is 7.15. The average molecular weight is 412 g/mol. The van der Waals surface area contributed by atoms with Gasteiger partial charge in [0, 0.05) is 49.2 Å². The zero-order chi connectivity index (χ0) is 19.8. The number of nitrogens with zero attached hydrogens (tertiary/aromatic N) is 3. The molecule has 0 atom stereocenters. The number of rotatable bonds is 4. The number of hydrogen-bond acceptors (Lipinski definition) is 5. The first-order valence-electron chi connectivity index (χ1n) is 10.9. The van der Waals surface area contributed by atoms with Crippen molar-refractivity contribution in [3.05, 3.63) is 34.8 Å². The first kappa shape index (κ1) is 19.1. The van der Waals surface area contributed by atoms with Crippen molar-refractivity contribution in [2.75, 3.05) is 19.6 Å². The molecule has 2 fully saturated rings. The minimum atomic E-state index is 0.130. The van der Waals surface area contributed by atoms with Crippen molar-refractivity contribution < 1.29 is 9.53 Å². The quantitative estimate of drug-likeness (QED) is 0.760. The lowest BCUT2D eigenvalue weighted by molar-refractivity contribution is -0.129. The van der Waals surface area contributed by atoms with Gasteiger partial charge in [0.05, 0.1) is 12.2 Å². The molecule has 1 aliphatic carbocycles. The second kappa shape index (κ2) is 8.07. The molecule has 5 nitrogen and oxygen atoms in total. The van der Waals surface area contributed by atoms with E-state index < -0.39 is 0 Å². The van der Waals surface area contributed by atoms with E-state index in [0.717, 1.165) is 53.9 Å². The number of carbonyl (C=O) groups is 1. The monoisotopic (exact) mass is 411 g/mol. The van der Waals surface area contributed by atoms with Crippen molar-refractivity contribution in [2.45, 2.75) is 64.1 Å². The number of amides is 1. The number of piperidine rings is 1. The molecule has 0 bridgehead atoms. The van der Waals surface area contributed by atoms with Crippen molar-refractivity contribution in [3.63, 3.8) is 0 Å². The number of carbonyl (C=O) groups excluding carboxylic acids is 1. The minimum absolute atomic E-state index is 0.130. The Bertz CT molecular complexity index is 867. The molecule has 1 amide bonds. The highest BCUT2D eigenvalue weighted by atomic mass is 32.1. The van der Waals surface area contributed by atoms with Crippen molar-refractivity contribution in [3.8, 4) is 16.3 Å². The molecule has 1 saturated heterocycles. The zero-order valence-electron chi connectivity index (χ0n) is 17.1. The minimum Gasteiger partial charge on any atom is -0.490 e. The summed E-state index contributed by atoms with van der Waals surface area (Å²) in [6, 6.07) is 9.11. The van der Waals surface area contributed by atoms with Crippen LogP contribution in [0.15, 0.2) is 24.3 Å². The van der Waals surface area contributed by atoms with E-state index >= 15 is 0 Å². The Labute approximate surface area is 176 Å². The Morgan fingerprint density at radius 1 is 1.10 bits per heavy atom. The molecule has 0 spiro atoms. The summed E-state index contributed by atoms with van der Waals surface area (Å²) in [6.45, 7) is 5.62. The Morgan fingerprint density at radius 3 is 2.59 bits per heavy atom. The highest BCUT2D eigenvalue weighted by Crippen LogP contribution is 2.34. The van der Waals surface area contributed by atoms with Crippen molar-refractivity contribution in [1.29, 1.82) is 0 Å². The lowest BCUT2D eigenvalue weighted by Crippen LogP contribution is -2.50. The van der Waals surface area contributed by atoms with Gasteiger partial charge >= 0.3 is 0 Å². The van der Waals surface area contributed by atoms with Gasteiger partial charge in [-0.2, -0.15) is 0 Å². The predicted octanol–water partition coefficient (Wildman–Crippen LogP) is 4.11. The third kappa shape index (κ3) is 4.05. The summed E-state index contributed by atoms with van der Waals surface area (Å²) >= 11 is 1.76. The van der Waals surface area contributed by atoms with Gasteiger partial charge in [-0.05, 0) is 50.2 Å². The lowest BCUT2D eigenvalue weighted by atomic mass is 9.86. The second-order valence-electron chi connectivity index (χ2n) is 8.57. The molecule has 0 radical (unpaired) electrons. The maximum Gasteiger partial charge on any atom is 0.219 e. The van der Waals surface area contributed by atoms with Crippen LogP contribution in [-0.2, 0) is 17.8 Å². The van der Waals surface area contributed by atoms with Gasteiger partial charge < -0.3 is 14.5 Å². The third-order valence-corrected chi connectivity index (χ3v) is 7.76. The van der Waals surface area contributed by atoms with E-state index in [1.54, 1.807) is 18.3 Å². The lowest BCUT2D eigenvalue weighted by Gasteiger charge is -2.44. The highest BCUT2D eigenvalue weighted by Gasteiger charge is 2.35. The number of hydrogen-bond donors (Lipinski definition) is 0. The molecule has 6 heteroatoms. The Morgan fingerprint density at radius 2 is 1.86 bits per heavy atom. The van der Waals surface area contributed by atoms with Crippen LogP contribution in [0, 0.1) is 0 Å². The molecular formula is C23H29N3O2S. The largest absolute Gasteiger partial charge is 0.490 e. The Hall–Kier alpha value is -1.92. The molecule has 29 heavy (non-hydrogen) atoms. The molecule has 2 aliphatic heterocycles. The summed E-state index contributed by atoms with van der Waals surface area (Å²) in [6.07, 6.45) is 7.70. The average Bonchev–Trinajstić information content (AvgIpc) is 3.15. The first-order chi connectivity index (χ1) is 14.2. The first-order valence-corrected chi connectivity index (χ1v) is 11.7. The summed E-state index contributed by atoms with van der Waals surface area (Å²) in [7, 11) is 0. The van der Waals surface area contributed by atoms with Crippen LogP contribution >= 0.6 is 11.3 Å². The van der Waals surface area contributed by atoms with Crippen LogP contribution in [0.25, 0.3) is 10.6 Å². The van der Waals surface area contributed by atoms with Gasteiger partial charge in [0.15, 0.2) is 0 Å². The molecule has 2 aromatic rings. The standard InChI is InChI=1S/C23H29N3O2S/c1-16(27)26-12-9-22-21(15-26)24-23(29-22)17-5-7-19(8-6-17)28-20-13-18(14-20)25-10-3-2-4-11-25/h5-8,18,20H,2-4,9-15H2,1H3. The van der Waals surface area contributed by atoms with Crippen LogP contribution in [0.2, 0.25) is 0 Å². The molecule has 3 heterocycles. The van der Waals surface area contributed by atoms with Crippen LogP contribution in [0.1, 0.15) is 49.6 Å². The summed E-state index contributed by atoms with van der Waals surface area (Å²) in [5.74, 6) is 1.09. The fraction of sp³-hybridized carbons (Fsp3) is 0.565. The van der Waals surface area contributed by atoms with E-state index in [1.165, 1.54) is 37.2 Å². The molecule has 1 aromatic heterocycles. The fourth-order valence-electron chi connectivity index (χ4n) is 4.68. The number of benzene rings is 1. The molecule has 5 rings (SSSR count). The Balaban J connectivity index is 1.18. The maximum atomic E-state index is 11.6. The van der Waals surface area contributed by atoms with Crippen LogP contribution in [0.5, 0.6) is 5.75 Å². The Kier molecular flexibility index (Phi) is 5.31. The number of aromatic nitrogens is 1. The molecule has 3 aliphatic rings. The summed E-state index contributed by atoms with van der Waals surface area (Å²) in [4.78, 5) is 22.3. The van der Waals surface area contributed by atoms with Gasteiger partial charge in [-0.25, -0.2) is 4.98 Å². The molecule has 0 unspecified atom stereocenters. The molecule has 0 N–H and O–H groups in total. The van der Waals surface area contributed by atoms with E-state index in [-0.39, 0.29) is 5.91 Å². The van der Waals surface area contributed by atoms with Crippen LogP contribution in [0.3, 0.4) is 0 Å². The van der Waals surface area contributed by atoms with Gasteiger partial charge in [-0.3, -0.25) is 4.79 Å². The molecule has 1 aromatic carbocycles. The van der Waals surface area contributed by atoms with E-state index in [2.05, 4.69) is 29.2 Å². The summed E-state index contributed by atoms with van der Waals surface area (Å²) < 4.78 is 6.20. The number of thiazole rings is 1. The van der Waals surface area contributed by atoms with Crippen LogP contribution in [0.4, 0.5) is 0 Å². The zero-order valence-corrected chi connectivity index (χ0v) is 17.9. The molecule has 1 saturated carbocycles. The van der Waals surface area contributed by atoms with E-state index in [1.807, 2.05) is 4.90 Å². The summed E-state index contributed by atoms with van der Waals surface area (Å²) in [5.41, 5.74) is 2.19. The normalized spacial score (nSPS) is 24.7. The van der Waals surface area contributed by atoms with Gasteiger partial charge in [0.1, 0.15) is 16.9 Å². The van der Waals surface area contributed by atoms with Crippen LogP contribution in [-0.4, -0.2) is 52.5 Å². The van der Waals surface area contributed by atoms with Gasteiger partial charge in [-0.15, -0.1) is 11.3 Å². The van der Waals surface area contributed by atoms with Crippen molar-refractivity contribution >= 4 is 17.2 Å². The SMILES string of the molecule is CC(=O)N1CCc2sc(-c3ccc(OC4CC(N5CCCCC5)C4)cc3)nc2C1. The second-order valence-corrected chi connectivity index (χ2v) is 9.65. The smallest absolute Gasteiger partial charge is 0.219 e. The summed E-state index contributed by atoms with van der Waals surface area (Å²) in [5, 5.41) is 1.04. The fourth-order valence-corrected chi connectivity index (χ4v) is 5.74. The van der Waals surface area contributed by atoms with Gasteiger partial charge in [0.25, 0.3) is 0 Å². The topological polar surface area (TPSA) is 45.7 Å². The predicted molar refractivity (Wildman–Crippen MR) is 115 cm³/mol. The van der Waals surface area contributed by atoms with E-state index in [9.17, 15) is 4.79 Å². The molecule has 154 valence electrons. The van der Waals surface area contributed by atoms with Gasteiger partial charge in [0.2, 0.25) is 5.91 Å². The van der Waals surface area contributed by atoms with Crippen molar-refractivity contribution in [1.82, 2.24) is 14.8 Å². The maximum absolute atomic E-state index is 11.6. The van der Waals surface area contributed by atoms with E-state index in [4.69, 9.17) is 9.72 Å².